The van der Waals surface area contributed by atoms with Crippen molar-refractivity contribution >= 4 is 11.9 Å². The van der Waals surface area contributed by atoms with Crippen molar-refractivity contribution in [2.75, 3.05) is 172 Å². The van der Waals surface area contributed by atoms with Gasteiger partial charge in [0, 0.05) is 0 Å². The second-order valence-corrected chi connectivity index (χ2v) is 11.2. The minimum atomic E-state index is -2.35. The van der Waals surface area contributed by atoms with E-state index in [0.717, 1.165) is 0 Å². The predicted molar refractivity (Wildman–Crippen MR) is 189 cm³/mol. The lowest BCUT2D eigenvalue weighted by atomic mass is 10.2. The van der Waals surface area contributed by atoms with Gasteiger partial charge in [-0.3, -0.25) is 9.59 Å². The molecular formula is C36H57F5O17. The highest BCUT2D eigenvalue weighted by Crippen LogP contribution is 2.29. The number of aliphatic carboxylic acids is 1. The van der Waals surface area contributed by atoms with E-state index < -0.39 is 53.2 Å². The highest BCUT2D eigenvalue weighted by molar-refractivity contribution is 5.72. The summed E-state index contributed by atoms with van der Waals surface area (Å²) in [6, 6.07) is 0. The van der Waals surface area contributed by atoms with E-state index in [0.29, 0.717) is 139 Å². The number of rotatable bonds is 43. The third kappa shape index (κ3) is 30.3. The molecule has 0 atom stereocenters. The van der Waals surface area contributed by atoms with E-state index in [9.17, 15) is 31.5 Å². The zero-order chi connectivity index (χ0) is 42.3. The number of halogens is 5. The highest BCUT2D eigenvalue weighted by Gasteiger charge is 2.28. The first-order valence-electron chi connectivity index (χ1n) is 18.7. The van der Waals surface area contributed by atoms with Gasteiger partial charge in [0.25, 0.3) is 0 Å². The van der Waals surface area contributed by atoms with Crippen molar-refractivity contribution in [3.63, 3.8) is 0 Å². The first kappa shape index (κ1) is 53.3. The van der Waals surface area contributed by atoms with E-state index in [2.05, 4.69) is 4.74 Å². The maximum Gasteiger partial charge on any atom is 0.313 e. The first-order valence-corrected chi connectivity index (χ1v) is 18.7. The molecule has 0 aliphatic rings. The smallest absolute Gasteiger partial charge is 0.313 e. The van der Waals surface area contributed by atoms with E-state index in [1.807, 2.05) is 0 Å². The standard InChI is InChI=1S/C36H57F5O17/c37-31-32(38)34(40)36(35(41)33(31)39)58-30(44)2-4-46-6-8-48-10-12-50-14-16-52-18-20-54-22-24-56-26-28-57-27-25-55-23-21-53-19-17-51-15-13-49-11-9-47-7-5-45-3-1-29(42)43/h1-28H2,(H,42,43). The van der Waals surface area contributed by atoms with Crippen molar-refractivity contribution in [2.45, 2.75) is 12.8 Å². The lowest BCUT2D eigenvalue weighted by Gasteiger charge is -2.09. The van der Waals surface area contributed by atoms with Gasteiger partial charge in [0.2, 0.25) is 34.8 Å². The summed E-state index contributed by atoms with van der Waals surface area (Å²) >= 11 is 0. The molecule has 1 aromatic carbocycles. The molecule has 1 aromatic rings. The van der Waals surface area contributed by atoms with Crippen LogP contribution in [0.15, 0.2) is 0 Å². The maximum atomic E-state index is 13.6. The Bertz CT molecular complexity index is 1150. The molecule has 22 heteroatoms. The summed E-state index contributed by atoms with van der Waals surface area (Å²) in [5.74, 6) is -15.1. The van der Waals surface area contributed by atoms with Gasteiger partial charge in [-0.2, -0.15) is 8.78 Å². The van der Waals surface area contributed by atoms with Gasteiger partial charge >= 0.3 is 11.9 Å². The van der Waals surface area contributed by atoms with Gasteiger partial charge in [0.1, 0.15) is 0 Å². The summed E-state index contributed by atoms with van der Waals surface area (Å²) in [5.41, 5.74) is 0. The molecule has 0 aromatic heterocycles. The Morgan fingerprint density at radius 3 is 0.724 bits per heavy atom. The van der Waals surface area contributed by atoms with Crippen LogP contribution >= 0.6 is 0 Å². The molecule has 0 bridgehead atoms. The Hall–Kier alpha value is -2.71. The number of hydrogen-bond acceptors (Lipinski definition) is 16. The quantitative estimate of drug-likeness (QED) is 0.0252. The van der Waals surface area contributed by atoms with Gasteiger partial charge in [0.05, 0.1) is 185 Å². The lowest BCUT2D eigenvalue weighted by Crippen LogP contribution is -2.16. The molecule has 0 saturated heterocycles. The van der Waals surface area contributed by atoms with Crippen LogP contribution in [0, 0.1) is 29.1 Å². The number of carbonyl (C=O) groups is 2. The van der Waals surface area contributed by atoms with Crippen molar-refractivity contribution in [1.82, 2.24) is 0 Å². The molecule has 1 rings (SSSR count). The Kier molecular flexibility index (Phi) is 35.4. The van der Waals surface area contributed by atoms with Crippen molar-refractivity contribution in [3.8, 4) is 5.75 Å². The molecule has 0 heterocycles. The molecule has 338 valence electrons. The summed E-state index contributed by atoms with van der Waals surface area (Å²) in [4.78, 5) is 22.0. The lowest BCUT2D eigenvalue weighted by molar-refractivity contribution is -0.138. The molecule has 0 amide bonds. The average molecular weight is 857 g/mol. The zero-order valence-electron chi connectivity index (χ0n) is 32.7. The summed E-state index contributed by atoms with van der Waals surface area (Å²) in [6.45, 7) is 9.08. The fourth-order valence-electron chi connectivity index (χ4n) is 3.90. The third-order valence-electron chi connectivity index (χ3n) is 6.76. The van der Waals surface area contributed by atoms with Crippen LogP contribution in [-0.4, -0.2) is 189 Å². The molecule has 0 fully saturated rings. The van der Waals surface area contributed by atoms with Crippen LogP contribution in [0.4, 0.5) is 22.0 Å². The molecule has 0 aliphatic heterocycles. The minimum Gasteiger partial charge on any atom is -0.481 e. The van der Waals surface area contributed by atoms with Crippen LogP contribution in [0.3, 0.4) is 0 Å². The normalized spacial score (nSPS) is 11.5. The van der Waals surface area contributed by atoms with Gasteiger partial charge in [0.15, 0.2) is 0 Å². The Morgan fingerprint density at radius 2 is 0.500 bits per heavy atom. The molecule has 17 nitrogen and oxygen atoms in total. The summed E-state index contributed by atoms with van der Waals surface area (Å²) in [5, 5.41) is 8.49. The second kappa shape index (κ2) is 38.5. The number of carboxylic acids is 1. The van der Waals surface area contributed by atoms with Gasteiger partial charge < -0.3 is 71.4 Å². The minimum absolute atomic E-state index is 0.0213. The van der Waals surface area contributed by atoms with Crippen LogP contribution in [0.2, 0.25) is 0 Å². The van der Waals surface area contributed by atoms with E-state index >= 15 is 0 Å². The van der Waals surface area contributed by atoms with Gasteiger partial charge in [-0.15, -0.1) is 0 Å². The van der Waals surface area contributed by atoms with Crippen molar-refractivity contribution < 1.29 is 103 Å². The van der Waals surface area contributed by atoms with Crippen LogP contribution in [0.5, 0.6) is 5.75 Å². The number of carboxylic acid groups (broad SMARTS) is 1. The van der Waals surface area contributed by atoms with Crippen molar-refractivity contribution in [3.05, 3.63) is 29.1 Å². The summed E-state index contributed by atoms with van der Waals surface area (Å²) in [6.07, 6.45) is -0.515. The maximum absolute atomic E-state index is 13.6. The fraction of sp³-hybridized carbons (Fsp3) is 0.778. The molecule has 0 aliphatic carbocycles. The topological polar surface area (TPSA) is 184 Å². The van der Waals surface area contributed by atoms with E-state index in [1.54, 1.807) is 0 Å². The van der Waals surface area contributed by atoms with E-state index in [-0.39, 0.29) is 39.5 Å². The van der Waals surface area contributed by atoms with Crippen molar-refractivity contribution in [2.24, 2.45) is 0 Å². The number of carbonyl (C=O) groups excluding carboxylic acids is 1. The molecule has 1 N–H and O–H groups in total. The van der Waals surface area contributed by atoms with E-state index in [4.69, 9.17) is 66.7 Å². The Labute approximate surface area is 334 Å². The molecule has 0 saturated carbocycles. The average Bonchev–Trinajstić information content (AvgIpc) is 3.21. The first-order chi connectivity index (χ1) is 28.3. The molecular weight excluding hydrogens is 799 g/mol. The molecule has 0 unspecified atom stereocenters. The largest absolute Gasteiger partial charge is 0.481 e. The van der Waals surface area contributed by atoms with Gasteiger partial charge in [-0.25, -0.2) is 13.2 Å². The predicted octanol–water partition coefficient (Wildman–Crippen LogP) is 2.37. The number of benzene rings is 1. The zero-order valence-corrected chi connectivity index (χ0v) is 32.7. The second-order valence-electron chi connectivity index (χ2n) is 11.2. The van der Waals surface area contributed by atoms with Gasteiger partial charge in [-0.1, -0.05) is 0 Å². The van der Waals surface area contributed by atoms with Crippen LogP contribution in [-0.2, 0) is 71.2 Å². The summed E-state index contributed by atoms with van der Waals surface area (Å²) < 4.78 is 140. The molecule has 58 heavy (non-hydrogen) atoms. The number of ether oxygens (including phenoxy) is 14. The number of hydrogen-bond donors (Lipinski definition) is 1. The molecule has 0 radical (unpaired) electrons. The fourth-order valence-corrected chi connectivity index (χ4v) is 3.90. The SMILES string of the molecule is O=C(O)CCOCCOCCOCCOCCOCCOCCOCCOCCOCCOCCOCCOCCOCCC(=O)Oc1c(F)c(F)c(F)c(F)c1F. The van der Waals surface area contributed by atoms with Gasteiger partial charge in [-0.05, 0) is 0 Å². The Balaban J connectivity index is 1.70. The van der Waals surface area contributed by atoms with E-state index in [1.165, 1.54) is 0 Å². The van der Waals surface area contributed by atoms with Crippen LogP contribution in [0.25, 0.3) is 0 Å². The Morgan fingerprint density at radius 1 is 0.310 bits per heavy atom. The third-order valence-corrected chi connectivity index (χ3v) is 6.76. The van der Waals surface area contributed by atoms with Crippen LogP contribution < -0.4 is 4.74 Å². The van der Waals surface area contributed by atoms with Crippen molar-refractivity contribution in [1.29, 1.82) is 0 Å². The molecule has 0 spiro atoms. The van der Waals surface area contributed by atoms with Crippen LogP contribution in [0.1, 0.15) is 12.8 Å². The highest BCUT2D eigenvalue weighted by atomic mass is 19.2. The summed E-state index contributed by atoms with van der Waals surface area (Å²) in [7, 11) is 0. The number of esters is 1. The monoisotopic (exact) mass is 856 g/mol.